The summed E-state index contributed by atoms with van der Waals surface area (Å²) in [6, 6.07) is 1.74. The van der Waals surface area contributed by atoms with E-state index >= 15 is 0 Å². The Bertz CT molecular complexity index is 1560. The predicted octanol–water partition coefficient (Wildman–Crippen LogP) is 2.10. The number of carbonyl (C=O) groups is 2. The average molecular weight is 612 g/mol. The smallest absolute Gasteiger partial charge is 0.355 e. The normalized spacial score (nSPS) is 17.3. The van der Waals surface area contributed by atoms with Gasteiger partial charge in [0.1, 0.15) is 19.0 Å². The summed E-state index contributed by atoms with van der Waals surface area (Å²) in [6.07, 6.45) is 7.51. The van der Waals surface area contributed by atoms with Crippen molar-refractivity contribution in [2.75, 3.05) is 33.4 Å². The number of nitrogens with zero attached hydrogens (tertiary/aromatic N) is 2. The molecule has 44 heavy (non-hydrogen) atoms. The van der Waals surface area contributed by atoms with E-state index in [1.807, 2.05) is 19.9 Å². The Kier molecular flexibility index (Phi) is 12.4. The first-order valence-electron chi connectivity index (χ1n) is 15.2. The van der Waals surface area contributed by atoms with Crippen LogP contribution in [0.5, 0.6) is 0 Å². The fourth-order valence-corrected chi connectivity index (χ4v) is 5.76. The molecule has 0 aromatic carbocycles. The lowest BCUT2D eigenvalue weighted by atomic mass is 9.85. The van der Waals surface area contributed by atoms with Crippen molar-refractivity contribution in [2.45, 2.75) is 78.6 Å². The van der Waals surface area contributed by atoms with Gasteiger partial charge in [-0.15, -0.1) is 0 Å². The van der Waals surface area contributed by atoms with E-state index in [0.29, 0.717) is 41.9 Å². The second-order valence-corrected chi connectivity index (χ2v) is 10.5. The average Bonchev–Trinajstić information content (AvgIpc) is 3.39. The van der Waals surface area contributed by atoms with Crippen molar-refractivity contribution in [1.82, 2.24) is 14.9 Å². The molecule has 0 saturated heterocycles. The fraction of sp³-hybridized carbons (Fsp3) is 0.515. The number of unbranched alkanes of at least 4 members (excludes halogenated alkanes) is 2. The largest absolute Gasteiger partial charge is 0.509 e. The number of allylic oxidation sites excluding steroid dienone is 1. The highest BCUT2D eigenvalue weighted by Crippen LogP contribution is 2.40. The number of hydrogen-bond donors (Lipinski definition) is 3. The molecule has 0 saturated carbocycles. The van der Waals surface area contributed by atoms with Crippen molar-refractivity contribution in [3.63, 3.8) is 0 Å². The van der Waals surface area contributed by atoms with Gasteiger partial charge in [-0.3, -0.25) is 4.79 Å². The SMILES string of the molecule is C=C(O)/C=c1/c(CC)c2c(n/c1=C/C)-c1cc3c(c(=O)n1C2)COC(=O)[C@@]3(CC)OC(=O)COCCNCCCCC.CO. The van der Waals surface area contributed by atoms with E-state index in [2.05, 4.69) is 18.8 Å². The van der Waals surface area contributed by atoms with Gasteiger partial charge in [0.25, 0.3) is 5.56 Å². The maximum atomic E-state index is 13.8. The number of fused-ring (bicyclic) bond motifs is 4. The molecule has 11 heteroatoms. The molecule has 0 radical (unpaired) electrons. The number of ether oxygens (including phenoxy) is 3. The molecule has 2 aromatic heterocycles. The molecule has 0 bridgehead atoms. The molecule has 4 heterocycles. The van der Waals surface area contributed by atoms with Gasteiger partial charge in [-0.2, -0.15) is 0 Å². The summed E-state index contributed by atoms with van der Waals surface area (Å²) in [5, 5.41) is 21.6. The molecule has 3 N–H and O–H groups in total. The number of aliphatic hydroxyl groups excluding tert-OH is 2. The second kappa shape index (κ2) is 15.8. The summed E-state index contributed by atoms with van der Waals surface area (Å²) in [5.41, 5.74) is 1.44. The summed E-state index contributed by atoms with van der Waals surface area (Å²) in [5.74, 6) is -1.52. The molecule has 0 unspecified atom stereocenters. The Labute approximate surface area is 257 Å². The fourth-order valence-electron chi connectivity index (χ4n) is 5.76. The molecule has 11 nitrogen and oxygen atoms in total. The van der Waals surface area contributed by atoms with E-state index in [1.54, 1.807) is 23.6 Å². The Morgan fingerprint density at radius 3 is 2.59 bits per heavy atom. The molecule has 0 fully saturated rings. The van der Waals surface area contributed by atoms with Crippen molar-refractivity contribution < 1.29 is 34.0 Å². The van der Waals surface area contributed by atoms with Gasteiger partial charge in [0.2, 0.25) is 5.60 Å². The molecule has 2 aliphatic rings. The number of esters is 2. The number of rotatable bonds is 13. The van der Waals surface area contributed by atoms with Gasteiger partial charge in [0.15, 0.2) is 0 Å². The number of hydrogen-bond acceptors (Lipinski definition) is 10. The van der Waals surface area contributed by atoms with Gasteiger partial charge in [0.05, 0.1) is 35.5 Å². The van der Waals surface area contributed by atoms with Crippen molar-refractivity contribution >= 4 is 24.1 Å². The van der Waals surface area contributed by atoms with Gasteiger partial charge in [-0.05, 0) is 50.4 Å². The summed E-state index contributed by atoms with van der Waals surface area (Å²) < 4.78 is 18.3. The molecule has 0 aliphatic carbocycles. The highest BCUT2D eigenvalue weighted by atomic mass is 16.6. The maximum absolute atomic E-state index is 13.8. The lowest BCUT2D eigenvalue weighted by Gasteiger charge is -2.35. The van der Waals surface area contributed by atoms with Crippen LogP contribution >= 0.6 is 0 Å². The number of cyclic esters (lactones) is 1. The quantitative estimate of drug-likeness (QED) is 0.149. The zero-order chi connectivity index (χ0) is 32.4. The van der Waals surface area contributed by atoms with Crippen molar-refractivity contribution in [3.8, 4) is 11.4 Å². The lowest BCUT2D eigenvalue weighted by molar-refractivity contribution is -0.191. The summed E-state index contributed by atoms with van der Waals surface area (Å²) in [6.45, 7) is 12.8. The van der Waals surface area contributed by atoms with Crippen molar-refractivity contribution in [1.29, 1.82) is 0 Å². The van der Waals surface area contributed by atoms with Crippen LogP contribution in [0.15, 0.2) is 23.2 Å². The minimum absolute atomic E-state index is 0.0768. The number of carbonyl (C=O) groups excluding carboxylic acids is 2. The van der Waals surface area contributed by atoms with E-state index in [4.69, 9.17) is 24.3 Å². The third-order valence-corrected chi connectivity index (χ3v) is 7.88. The number of aromatic nitrogens is 2. The van der Waals surface area contributed by atoms with Crippen LogP contribution in [-0.4, -0.2) is 65.1 Å². The molecule has 0 amide bonds. The summed E-state index contributed by atoms with van der Waals surface area (Å²) in [4.78, 5) is 44.8. The zero-order valence-corrected chi connectivity index (χ0v) is 26.5. The standard InChI is InChI=1S/C32H41N3O7.CH4O/c1-6-10-11-12-33-13-14-40-19-28(37)42-32(9-4)25-16-27-29-23(17-35(27)30(38)24(25)18-41-31(32)39)21(7-2)22(15-20(5)36)26(8-3)34-29;1-2/h8,15-16,33,36H,5-7,9-14,17-19H2,1-4H3;2H,1H3/b22-15-,26-8+;/t32-;/m0./s1. The third-order valence-electron chi connectivity index (χ3n) is 7.88. The van der Waals surface area contributed by atoms with Gasteiger partial charge < -0.3 is 34.3 Å². The van der Waals surface area contributed by atoms with Crippen LogP contribution in [0.2, 0.25) is 0 Å². The molecule has 2 aliphatic heterocycles. The van der Waals surface area contributed by atoms with E-state index in [1.165, 1.54) is 0 Å². The molecular weight excluding hydrogens is 566 g/mol. The Hall–Kier alpha value is -3.80. The van der Waals surface area contributed by atoms with Gasteiger partial charge in [-0.1, -0.05) is 46.3 Å². The second-order valence-electron chi connectivity index (χ2n) is 10.5. The Balaban J connectivity index is 0.00000259. The molecular formula is C33H45N3O8. The van der Waals surface area contributed by atoms with E-state index in [9.17, 15) is 19.5 Å². The monoisotopic (exact) mass is 611 g/mol. The van der Waals surface area contributed by atoms with Crippen LogP contribution in [0.4, 0.5) is 0 Å². The van der Waals surface area contributed by atoms with Crippen LogP contribution < -0.4 is 21.4 Å². The van der Waals surface area contributed by atoms with Crippen molar-refractivity contribution in [2.24, 2.45) is 0 Å². The van der Waals surface area contributed by atoms with Crippen LogP contribution in [0.1, 0.15) is 75.6 Å². The first-order valence-corrected chi connectivity index (χ1v) is 15.2. The minimum Gasteiger partial charge on any atom is -0.509 e. The molecule has 2 aromatic rings. The summed E-state index contributed by atoms with van der Waals surface area (Å²) >= 11 is 0. The highest BCUT2D eigenvalue weighted by molar-refractivity contribution is 5.87. The highest BCUT2D eigenvalue weighted by Gasteiger charge is 2.50. The van der Waals surface area contributed by atoms with Gasteiger partial charge in [0, 0.05) is 30.0 Å². The molecule has 1 atom stereocenters. The Morgan fingerprint density at radius 1 is 1.20 bits per heavy atom. The minimum atomic E-state index is -1.78. The lowest BCUT2D eigenvalue weighted by Crippen LogP contribution is -2.48. The molecule has 0 spiro atoms. The molecule has 4 rings (SSSR count). The Morgan fingerprint density at radius 2 is 1.95 bits per heavy atom. The van der Waals surface area contributed by atoms with E-state index < -0.39 is 17.5 Å². The predicted molar refractivity (Wildman–Crippen MR) is 167 cm³/mol. The van der Waals surface area contributed by atoms with E-state index in [-0.39, 0.29) is 43.1 Å². The van der Waals surface area contributed by atoms with Crippen LogP contribution in [-0.2, 0) is 49.0 Å². The van der Waals surface area contributed by atoms with E-state index in [0.717, 1.165) is 49.3 Å². The maximum Gasteiger partial charge on any atom is 0.355 e. The van der Waals surface area contributed by atoms with Gasteiger partial charge >= 0.3 is 11.9 Å². The first kappa shape index (κ1) is 34.7. The third kappa shape index (κ3) is 6.95. The van der Waals surface area contributed by atoms with Crippen LogP contribution in [0.25, 0.3) is 23.5 Å². The van der Waals surface area contributed by atoms with Crippen LogP contribution in [0, 0.1) is 0 Å². The van der Waals surface area contributed by atoms with Crippen LogP contribution in [0.3, 0.4) is 0 Å². The zero-order valence-electron chi connectivity index (χ0n) is 26.5. The topological polar surface area (TPSA) is 149 Å². The number of aliphatic hydroxyl groups is 2. The van der Waals surface area contributed by atoms with Gasteiger partial charge in [-0.25, -0.2) is 14.6 Å². The molecule has 240 valence electrons. The summed E-state index contributed by atoms with van der Waals surface area (Å²) in [7, 11) is 1.00. The number of nitrogens with one attached hydrogen (secondary N) is 1. The first-order chi connectivity index (χ1) is 21.2. The van der Waals surface area contributed by atoms with Crippen molar-refractivity contribution in [3.05, 3.63) is 61.6 Å². The number of pyridine rings is 2.